The van der Waals surface area contributed by atoms with Crippen molar-refractivity contribution in [3.05, 3.63) is 41.8 Å². The van der Waals surface area contributed by atoms with Crippen LogP contribution in [0.25, 0.3) is 0 Å². The van der Waals surface area contributed by atoms with Crippen LogP contribution in [0.5, 0.6) is 0 Å². The number of aryl methyl sites for hydroxylation is 1. The maximum atomic E-state index is 13.2. The van der Waals surface area contributed by atoms with E-state index < -0.39 is 0 Å². The van der Waals surface area contributed by atoms with Crippen molar-refractivity contribution in [3.8, 4) is 0 Å². The fraction of sp³-hybridized carbons (Fsp3) is 0.333. The molecule has 106 valence electrons. The van der Waals surface area contributed by atoms with Crippen molar-refractivity contribution in [3.63, 3.8) is 0 Å². The number of nitrogens with zero attached hydrogens (tertiary/aromatic N) is 2. The van der Waals surface area contributed by atoms with Gasteiger partial charge in [0.15, 0.2) is 0 Å². The molecule has 0 aliphatic carbocycles. The smallest absolute Gasteiger partial charge is 0.224 e. The lowest BCUT2D eigenvalue weighted by atomic mass is 10.2. The Morgan fingerprint density at radius 1 is 1.30 bits per heavy atom. The van der Waals surface area contributed by atoms with Gasteiger partial charge >= 0.3 is 0 Å². The van der Waals surface area contributed by atoms with Crippen LogP contribution in [0.2, 0.25) is 0 Å². The van der Waals surface area contributed by atoms with E-state index in [2.05, 4.69) is 34.4 Å². The predicted octanol–water partition coefficient (Wildman–Crippen LogP) is 3.74. The van der Waals surface area contributed by atoms with Crippen LogP contribution in [0, 0.1) is 18.7 Å². The molecule has 0 saturated carbocycles. The maximum absolute atomic E-state index is 13.2. The molecular weight excluding hydrogens is 255 g/mol. The SMILES string of the molecule is Cc1cnc(NCC(C)C)nc1Nc1cccc(F)c1. The van der Waals surface area contributed by atoms with Crippen LogP contribution < -0.4 is 10.6 Å². The van der Waals surface area contributed by atoms with Gasteiger partial charge in [0.05, 0.1) is 0 Å². The molecule has 0 radical (unpaired) electrons. The monoisotopic (exact) mass is 274 g/mol. The summed E-state index contributed by atoms with van der Waals surface area (Å²) in [4.78, 5) is 8.65. The quantitative estimate of drug-likeness (QED) is 0.872. The zero-order valence-corrected chi connectivity index (χ0v) is 11.9. The second-order valence-electron chi connectivity index (χ2n) is 5.14. The summed E-state index contributed by atoms with van der Waals surface area (Å²) in [6.07, 6.45) is 1.75. The summed E-state index contributed by atoms with van der Waals surface area (Å²) in [6, 6.07) is 6.30. The molecule has 1 aromatic carbocycles. The van der Waals surface area contributed by atoms with Gasteiger partial charge in [-0.2, -0.15) is 4.98 Å². The van der Waals surface area contributed by atoms with E-state index in [9.17, 15) is 4.39 Å². The number of anilines is 3. The number of hydrogen-bond donors (Lipinski definition) is 2. The topological polar surface area (TPSA) is 49.8 Å². The van der Waals surface area contributed by atoms with Gasteiger partial charge < -0.3 is 10.6 Å². The Bertz CT molecular complexity index is 584. The fourth-order valence-corrected chi connectivity index (χ4v) is 1.65. The number of aromatic nitrogens is 2. The average molecular weight is 274 g/mol. The van der Waals surface area contributed by atoms with Gasteiger partial charge in [0.1, 0.15) is 11.6 Å². The molecular formula is C15H19FN4. The summed E-state index contributed by atoms with van der Waals surface area (Å²) in [5, 5.41) is 6.28. The van der Waals surface area contributed by atoms with Crippen LogP contribution in [0.3, 0.4) is 0 Å². The van der Waals surface area contributed by atoms with Crippen molar-refractivity contribution in [1.29, 1.82) is 0 Å². The van der Waals surface area contributed by atoms with Gasteiger partial charge in [0, 0.05) is 24.0 Å². The summed E-state index contributed by atoms with van der Waals surface area (Å²) in [7, 11) is 0. The van der Waals surface area contributed by atoms with Crippen molar-refractivity contribution in [1.82, 2.24) is 9.97 Å². The summed E-state index contributed by atoms with van der Waals surface area (Å²) in [5.74, 6) is 1.49. The number of rotatable bonds is 5. The van der Waals surface area contributed by atoms with Crippen molar-refractivity contribution in [2.24, 2.45) is 5.92 Å². The van der Waals surface area contributed by atoms with Gasteiger partial charge in [-0.25, -0.2) is 9.37 Å². The van der Waals surface area contributed by atoms with Gasteiger partial charge in [0.25, 0.3) is 0 Å². The molecule has 0 amide bonds. The molecule has 0 atom stereocenters. The minimum Gasteiger partial charge on any atom is -0.354 e. The third-order valence-corrected chi connectivity index (χ3v) is 2.73. The second kappa shape index (κ2) is 6.32. The second-order valence-corrected chi connectivity index (χ2v) is 5.14. The zero-order chi connectivity index (χ0) is 14.5. The Morgan fingerprint density at radius 2 is 2.10 bits per heavy atom. The molecule has 2 N–H and O–H groups in total. The van der Waals surface area contributed by atoms with E-state index in [0.29, 0.717) is 23.4 Å². The lowest BCUT2D eigenvalue weighted by molar-refractivity contribution is 0.628. The van der Waals surface area contributed by atoms with E-state index in [0.717, 1.165) is 12.1 Å². The predicted molar refractivity (Wildman–Crippen MR) is 79.8 cm³/mol. The third-order valence-electron chi connectivity index (χ3n) is 2.73. The van der Waals surface area contributed by atoms with Crippen molar-refractivity contribution in [2.45, 2.75) is 20.8 Å². The van der Waals surface area contributed by atoms with Crippen molar-refractivity contribution >= 4 is 17.5 Å². The Hall–Kier alpha value is -2.17. The summed E-state index contributed by atoms with van der Waals surface area (Å²) in [5.41, 5.74) is 1.57. The van der Waals surface area contributed by atoms with E-state index in [1.54, 1.807) is 18.3 Å². The van der Waals surface area contributed by atoms with Gasteiger partial charge in [0.2, 0.25) is 5.95 Å². The van der Waals surface area contributed by atoms with Crippen molar-refractivity contribution < 1.29 is 4.39 Å². The normalized spacial score (nSPS) is 10.7. The van der Waals surface area contributed by atoms with Gasteiger partial charge in [-0.1, -0.05) is 19.9 Å². The van der Waals surface area contributed by atoms with Crippen LogP contribution in [0.15, 0.2) is 30.5 Å². The third kappa shape index (κ3) is 3.91. The number of benzene rings is 1. The summed E-state index contributed by atoms with van der Waals surface area (Å²) < 4.78 is 13.2. The molecule has 5 heteroatoms. The first-order valence-electron chi connectivity index (χ1n) is 6.64. The largest absolute Gasteiger partial charge is 0.354 e. The fourth-order valence-electron chi connectivity index (χ4n) is 1.65. The molecule has 0 spiro atoms. The van der Waals surface area contributed by atoms with Gasteiger partial charge in [-0.05, 0) is 31.0 Å². The van der Waals surface area contributed by atoms with Gasteiger partial charge in [-0.3, -0.25) is 0 Å². The molecule has 1 aromatic heterocycles. The highest BCUT2D eigenvalue weighted by Crippen LogP contribution is 2.19. The van der Waals surface area contributed by atoms with Crippen LogP contribution in [-0.4, -0.2) is 16.5 Å². The maximum Gasteiger partial charge on any atom is 0.224 e. The Labute approximate surface area is 118 Å². The molecule has 2 rings (SSSR count). The summed E-state index contributed by atoms with van der Waals surface area (Å²) >= 11 is 0. The van der Waals surface area contributed by atoms with E-state index in [4.69, 9.17) is 0 Å². The molecule has 0 saturated heterocycles. The average Bonchev–Trinajstić information content (AvgIpc) is 2.39. The molecule has 0 bridgehead atoms. The summed E-state index contributed by atoms with van der Waals surface area (Å²) in [6.45, 7) is 6.95. The first-order chi connectivity index (χ1) is 9.54. The lowest BCUT2D eigenvalue weighted by Crippen LogP contribution is -2.11. The van der Waals surface area contributed by atoms with Crippen LogP contribution in [0.4, 0.5) is 21.8 Å². The minimum absolute atomic E-state index is 0.278. The van der Waals surface area contributed by atoms with E-state index in [1.807, 2.05) is 6.92 Å². The number of halogens is 1. The minimum atomic E-state index is -0.278. The molecule has 0 fully saturated rings. The van der Waals surface area contributed by atoms with E-state index >= 15 is 0 Å². The molecule has 0 aliphatic rings. The Kier molecular flexibility index (Phi) is 4.50. The van der Waals surface area contributed by atoms with Crippen LogP contribution in [-0.2, 0) is 0 Å². The molecule has 2 aromatic rings. The number of hydrogen-bond acceptors (Lipinski definition) is 4. The van der Waals surface area contributed by atoms with Crippen LogP contribution >= 0.6 is 0 Å². The molecule has 20 heavy (non-hydrogen) atoms. The Morgan fingerprint density at radius 3 is 2.80 bits per heavy atom. The lowest BCUT2D eigenvalue weighted by Gasteiger charge is -2.12. The van der Waals surface area contributed by atoms with Gasteiger partial charge in [-0.15, -0.1) is 0 Å². The number of nitrogens with one attached hydrogen (secondary N) is 2. The molecule has 1 heterocycles. The van der Waals surface area contributed by atoms with E-state index in [1.165, 1.54) is 12.1 Å². The molecule has 0 aliphatic heterocycles. The highest BCUT2D eigenvalue weighted by atomic mass is 19.1. The highest BCUT2D eigenvalue weighted by molar-refractivity contribution is 5.59. The van der Waals surface area contributed by atoms with E-state index in [-0.39, 0.29) is 5.82 Å². The standard InChI is InChI=1S/C15H19FN4/c1-10(2)8-17-15-18-9-11(3)14(20-15)19-13-6-4-5-12(16)7-13/h4-7,9-10H,8H2,1-3H3,(H2,17,18,19,20). The Balaban J connectivity index is 2.16. The molecule has 0 unspecified atom stereocenters. The first-order valence-corrected chi connectivity index (χ1v) is 6.64. The van der Waals surface area contributed by atoms with Crippen LogP contribution in [0.1, 0.15) is 19.4 Å². The zero-order valence-electron chi connectivity index (χ0n) is 11.9. The van der Waals surface area contributed by atoms with Crippen molar-refractivity contribution in [2.75, 3.05) is 17.2 Å². The highest BCUT2D eigenvalue weighted by Gasteiger charge is 2.05. The molecule has 4 nitrogen and oxygen atoms in total. The first kappa shape index (κ1) is 14.2.